The quantitative estimate of drug-likeness (QED) is 0.730. The van der Waals surface area contributed by atoms with Gasteiger partial charge in [-0.3, -0.25) is 4.79 Å². The molecular weight excluding hydrogens is 176 g/mol. The van der Waals surface area contributed by atoms with Gasteiger partial charge in [0.2, 0.25) is 0 Å². The molecule has 5 heteroatoms. The van der Waals surface area contributed by atoms with E-state index in [0.29, 0.717) is 0 Å². The van der Waals surface area contributed by atoms with Gasteiger partial charge in [0.25, 0.3) is 0 Å². The normalized spacial score (nSPS) is 12.0. The van der Waals surface area contributed by atoms with Crippen LogP contribution >= 0.6 is 11.3 Å². The number of aliphatic hydroxyl groups is 1. The van der Waals surface area contributed by atoms with Crippen LogP contribution in [0.4, 0.5) is 0 Å². The van der Waals surface area contributed by atoms with Gasteiger partial charge in [-0.05, 0) is 20.8 Å². The number of hydrogen-bond donors (Lipinski definition) is 1. The minimum Gasteiger partial charge on any atom is -0.389 e. The molecule has 68 valence electrons. The first-order valence-corrected chi connectivity index (χ1v) is 4.47. The molecule has 0 aliphatic rings. The zero-order valence-corrected chi connectivity index (χ0v) is 8.18. The Morgan fingerprint density at radius 3 is 2.58 bits per heavy atom. The number of nitrogens with zero attached hydrogens (tertiary/aromatic N) is 2. The van der Waals surface area contributed by atoms with Crippen LogP contribution in [0.3, 0.4) is 0 Å². The lowest BCUT2D eigenvalue weighted by Gasteiger charge is -2.15. The molecule has 0 atom stereocenters. The fourth-order valence-electron chi connectivity index (χ4n) is 0.877. The van der Waals surface area contributed by atoms with Gasteiger partial charge in [0.1, 0.15) is 5.01 Å². The van der Waals surface area contributed by atoms with E-state index in [1.165, 1.54) is 4.68 Å². The summed E-state index contributed by atoms with van der Waals surface area (Å²) >= 11 is 1.10. The molecule has 0 fully saturated rings. The smallest absolute Gasteiger partial charge is 0.325 e. The minimum absolute atomic E-state index is 0.116. The van der Waals surface area contributed by atoms with Crippen LogP contribution in [-0.4, -0.2) is 20.5 Å². The summed E-state index contributed by atoms with van der Waals surface area (Å²) in [5.74, 6) is 0. The van der Waals surface area contributed by atoms with Crippen molar-refractivity contribution in [2.24, 2.45) is 0 Å². The Bertz CT molecular complexity index is 321. The third kappa shape index (κ3) is 2.42. The van der Waals surface area contributed by atoms with Crippen LogP contribution in [0.1, 0.15) is 18.9 Å². The molecule has 0 spiro atoms. The fourth-order valence-corrected chi connectivity index (χ4v) is 1.48. The topological polar surface area (TPSA) is 55.1 Å². The Labute approximate surface area is 74.5 Å². The third-order valence-electron chi connectivity index (χ3n) is 1.24. The number of aryl methyl sites for hydroxylation is 1. The van der Waals surface area contributed by atoms with Crippen molar-refractivity contribution in [3.8, 4) is 0 Å². The maximum Gasteiger partial charge on any atom is 0.325 e. The van der Waals surface area contributed by atoms with E-state index in [2.05, 4.69) is 5.10 Å². The van der Waals surface area contributed by atoms with E-state index in [1.807, 2.05) is 0 Å². The molecule has 0 aromatic carbocycles. The predicted octanol–water partition coefficient (Wildman–Crippen LogP) is 0.384. The summed E-state index contributed by atoms with van der Waals surface area (Å²) in [6.45, 7) is 5.31. The summed E-state index contributed by atoms with van der Waals surface area (Å²) in [5.41, 5.74) is -0.885. The zero-order valence-electron chi connectivity index (χ0n) is 7.37. The van der Waals surface area contributed by atoms with Gasteiger partial charge in [-0.1, -0.05) is 11.3 Å². The average Bonchev–Trinajstić information content (AvgIpc) is 2.06. The molecule has 12 heavy (non-hydrogen) atoms. The molecule has 1 rings (SSSR count). The van der Waals surface area contributed by atoms with Gasteiger partial charge in [-0.2, -0.15) is 5.10 Å². The van der Waals surface area contributed by atoms with Gasteiger partial charge in [0, 0.05) is 0 Å². The molecule has 0 aliphatic heterocycles. The third-order valence-corrected chi connectivity index (χ3v) is 2.01. The van der Waals surface area contributed by atoms with E-state index in [4.69, 9.17) is 0 Å². The van der Waals surface area contributed by atoms with E-state index >= 15 is 0 Å². The van der Waals surface area contributed by atoms with Crippen LogP contribution in [0.15, 0.2) is 4.79 Å². The number of rotatable bonds is 2. The highest BCUT2D eigenvalue weighted by Crippen LogP contribution is 2.04. The van der Waals surface area contributed by atoms with Crippen LogP contribution in [0.25, 0.3) is 0 Å². The maximum absolute atomic E-state index is 11.1. The highest BCUT2D eigenvalue weighted by Gasteiger charge is 2.15. The van der Waals surface area contributed by atoms with Crippen molar-refractivity contribution >= 4 is 11.3 Å². The van der Waals surface area contributed by atoms with Crippen LogP contribution in [0.2, 0.25) is 0 Å². The van der Waals surface area contributed by atoms with E-state index in [9.17, 15) is 9.90 Å². The lowest BCUT2D eigenvalue weighted by atomic mass is 10.1. The molecule has 4 nitrogen and oxygen atoms in total. The predicted molar refractivity (Wildman–Crippen MR) is 47.4 cm³/mol. The van der Waals surface area contributed by atoms with Crippen molar-refractivity contribution in [3.05, 3.63) is 14.7 Å². The fraction of sp³-hybridized carbons (Fsp3) is 0.714. The van der Waals surface area contributed by atoms with Crippen molar-refractivity contribution in [3.63, 3.8) is 0 Å². The minimum atomic E-state index is -0.885. The highest BCUT2D eigenvalue weighted by atomic mass is 32.1. The molecule has 0 saturated heterocycles. The van der Waals surface area contributed by atoms with E-state index in [0.717, 1.165) is 16.3 Å². The highest BCUT2D eigenvalue weighted by molar-refractivity contribution is 7.08. The molecule has 0 unspecified atom stereocenters. The molecule has 0 bridgehead atoms. The van der Waals surface area contributed by atoms with Gasteiger partial charge in [0.05, 0.1) is 12.1 Å². The Hall–Kier alpha value is -0.680. The lowest BCUT2D eigenvalue weighted by Crippen LogP contribution is -2.31. The molecule has 0 radical (unpaired) electrons. The zero-order chi connectivity index (χ0) is 9.35. The van der Waals surface area contributed by atoms with E-state index < -0.39 is 5.60 Å². The standard InChI is InChI=1S/C7H12N2O2S/c1-5-8-9(6(10)12-5)4-7(2,3)11/h11H,4H2,1-3H3. The molecule has 1 aromatic heterocycles. The summed E-state index contributed by atoms with van der Waals surface area (Å²) in [6, 6.07) is 0. The summed E-state index contributed by atoms with van der Waals surface area (Å²) < 4.78 is 1.29. The molecule has 0 amide bonds. The van der Waals surface area contributed by atoms with Gasteiger partial charge in [-0.25, -0.2) is 4.68 Å². The first-order valence-electron chi connectivity index (χ1n) is 3.65. The molecular formula is C7H12N2O2S. The Morgan fingerprint density at radius 1 is 1.67 bits per heavy atom. The number of aromatic nitrogens is 2. The Balaban J connectivity index is 2.90. The molecule has 0 aliphatic carbocycles. The SMILES string of the molecule is Cc1nn(CC(C)(C)O)c(=O)s1. The molecule has 1 heterocycles. The molecule has 0 saturated carbocycles. The second-order valence-electron chi connectivity index (χ2n) is 3.36. The second-order valence-corrected chi connectivity index (χ2v) is 4.50. The van der Waals surface area contributed by atoms with Crippen LogP contribution in [0, 0.1) is 6.92 Å². The Morgan fingerprint density at radius 2 is 2.25 bits per heavy atom. The van der Waals surface area contributed by atoms with Crippen LogP contribution < -0.4 is 4.87 Å². The van der Waals surface area contributed by atoms with Gasteiger partial charge in [0.15, 0.2) is 0 Å². The van der Waals surface area contributed by atoms with Crippen molar-refractivity contribution in [1.82, 2.24) is 9.78 Å². The largest absolute Gasteiger partial charge is 0.389 e. The summed E-state index contributed by atoms with van der Waals surface area (Å²) in [5, 5.41) is 14.1. The van der Waals surface area contributed by atoms with Crippen molar-refractivity contribution in [2.75, 3.05) is 0 Å². The summed E-state index contributed by atoms with van der Waals surface area (Å²) in [6.07, 6.45) is 0. The molecule has 1 N–H and O–H groups in total. The van der Waals surface area contributed by atoms with Gasteiger partial charge >= 0.3 is 4.87 Å². The van der Waals surface area contributed by atoms with Gasteiger partial charge < -0.3 is 5.11 Å². The van der Waals surface area contributed by atoms with Crippen LogP contribution in [0.5, 0.6) is 0 Å². The van der Waals surface area contributed by atoms with E-state index in [-0.39, 0.29) is 11.4 Å². The first-order chi connectivity index (χ1) is 5.38. The van der Waals surface area contributed by atoms with Gasteiger partial charge in [-0.15, -0.1) is 0 Å². The maximum atomic E-state index is 11.1. The Kier molecular flexibility index (Phi) is 2.34. The lowest BCUT2D eigenvalue weighted by molar-refractivity contribution is 0.0568. The first kappa shape index (κ1) is 9.41. The average molecular weight is 188 g/mol. The monoisotopic (exact) mass is 188 g/mol. The van der Waals surface area contributed by atoms with E-state index in [1.54, 1.807) is 20.8 Å². The van der Waals surface area contributed by atoms with Crippen LogP contribution in [-0.2, 0) is 6.54 Å². The molecule has 1 aromatic rings. The summed E-state index contributed by atoms with van der Waals surface area (Å²) in [7, 11) is 0. The second kappa shape index (κ2) is 2.99. The number of hydrogen-bond acceptors (Lipinski definition) is 4. The van der Waals surface area contributed by atoms with Crippen molar-refractivity contribution < 1.29 is 5.11 Å². The summed E-state index contributed by atoms with van der Waals surface area (Å²) in [4.78, 5) is 11.0. The van der Waals surface area contributed by atoms with Crippen molar-refractivity contribution in [2.45, 2.75) is 32.9 Å². The van der Waals surface area contributed by atoms with Crippen molar-refractivity contribution in [1.29, 1.82) is 0 Å².